The molecule has 1 N–H and O–H groups in total. The lowest BCUT2D eigenvalue weighted by molar-refractivity contribution is -0.124. The monoisotopic (exact) mass is 263 g/mol. The van der Waals surface area contributed by atoms with Crippen molar-refractivity contribution in [1.29, 1.82) is 0 Å². The maximum atomic E-state index is 11.7. The number of benzene rings is 1. The maximum absolute atomic E-state index is 11.7. The van der Waals surface area contributed by atoms with Gasteiger partial charge in [-0.25, -0.2) is 0 Å². The third kappa shape index (κ3) is 4.81. The highest BCUT2D eigenvalue weighted by atomic mass is 35.5. The summed E-state index contributed by atoms with van der Waals surface area (Å²) in [5.41, 5.74) is 0.860. The zero-order valence-corrected chi connectivity index (χ0v) is 11.6. The minimum absolute atomic E-state index is 0.0837. The molecule has 0 bridgehead atoms. The third-order valence-corrected chi connectivity index (χ3v) is 3.00. The molecule has 3 heteroatoms. The summed E-state index contributed by atoms with van der Waals surface area (Å²) >= 11 is 5.85. The quantitative estimate of drug-likeness (QED) is 0.831. The molecule has 0 heterocycles. The van der Waals surface area contributed by atoms with Gasteiger partial charge in [-0.05, 0) is 31.0 Å². The lowest BCUT2D eigenvalue weighted by Crippen LogP contribution is -2.30. The first-order chi connectivity index (χ1) is 8.67. The van der Waals surface area contributed by atoms with E-state index in [4.69, 9.17) is 11.6 Å². The number of rotatable bonds is 4. The van der Waals surface area contributed by atoms with E-state index in [9.17, 15) is 4.79 Å². The zero-order valence-electron chi connectivity index (χ0n) is 10.8. The van der Waals surface area contributed by atoms with Crippen LogP contribution in [0, 0.1) is 17.8 Å². The molecular weight excluding hydrogens is 246 g/mol. The fourth-order valence-electron chi connectivity index (χ4n) is 1.65. The van der Waals surface area contributed by atoms with Crippen LogP contribution >= 0.6 is 11.6 Å². The van der Waals surface area contributed by atoms with Crippen LogP contribution in [-0.4, -0.2) is 12.5 Å². The molecule has 1 aromatic rings. The first-order valence-electron chi connectivity index (χ1n) is 6.19. The van der Waals surface area contributed by atoms with E-state index in [0.717, 1.165) is 18.4 Å². The normalized spacial score (nSPS) is 9.78. The van der Waals surface area contributed by atoms with Gasteiger partial charge < -0.3 is 5.32 Å². The first-order valence-corrected chi connectivity index (χ1v) is 6.57. The standard InChI is InChI=1S/C15H18ClNO/c1-3-13(4-2)15(18)17-10-6-8-12-7-5-9-14(16)11-12/h5,7,9,11,13H,3-4,10H2,1-2H3,(H,17,18). The number of hydrogen-bond acceptors (Lipinski definition) is 1. The molecule has 0 aromatic heterocycles. The molecule has 0 saturated carbocycles. The molecule has 0 unspecified atom stereocenters. The number of carbonyl (C=O) groups excluding carboxylic acids is 1. The number of halogens is 1. The fraction of sp³-hybridized carbons (Fsp3) is 0.400. The van der Waals surface area contributed by atoms with Crippen LogP contribution in [-0.2, 0) is 4.79 Å². The molecule has 96 valence electrons. The Morgan fingerprint density at radius 2 is 2.11 bits per heavy atom. The van der Waals surface area contributed by atoms with Gasteiger partial charge in [0.15, 0.2) is 0 Å². The summed E-state index contributed by atoms with van der Waals surface area (Å²) in [7, 11) is 0. The van der Waals surface area contributed by atoms with Crippen LogP contribution in [0.15, 0.2) is 24.3 Å². The molecule has 0 spiro atoms. The molecule has 0 fully saturated rings. The van der Waals surface area contributed by atoms with Gasteiger partial charge in [0.05, 0.1) is 6.54 Å². The van der Waals surface area contributed by atoms with Crippen molar-refractivity contribution in [1.82, 2.24) is 5.32 Å². The molecule has 1 amide bonds. The predicted molar refractivity (Wildman–Crippen MR) is 75.4 cm³/mol. The van der Waals surface area contributed by atoms with E-state index in [1.54, 1.807) is 6.07 Å². The van der Waals surface area contributed by atoms with E-state index in [-0.39, 0.29) is 11.8 Å². The van der Waals surface area contributed by atoms with Crippen molar-refractivity contribution >= 4 is 17.5 Å². The molecule has 0 aliphatic heterocycles. The third-order valence-electron chi connectivity index (χ3n) is 2.76. The first kappa shape index (κ1) is 14.6. The summed E-state index contributed by atoms with van der Waals surface area (Å²) in [4.78, 5) is 11.7. The minimum atomic E-state index is 0.0837. The average Bonchev–Trinajstić information content (AvgIpc) is 2.36. The second-order valence-electron chi connectivity index (χ2n) is 4.04. The van der Waals surface area contributed by atoms with E-state index >= 15 is 0 Å². The van der Waals surface area contributed by atoms with Gasteiger partial charge in [0.25, 0.3) is 0 Å². The Bertz CT molecular complexity index is 455. The molecule has 18 heavy (non-hydrogen) atoms. The highest BCUT2D eigenvalue weighted by molar-refractivity contribution is 6.30. The summed E-state index contributed by atoms with van der Waals surface area (Å²) in [6, 6.07) is 7.36. The van der Waals surface area contributed by atoms with Crippen molar-refractivity contribution in [2.75, 3.05) is 6.54 Å². The van der Waals surface area contributed by atoms with Gasteiger partial charge in [-0.2, -0.15) is 0 Å². The largest absolute Gasteiger partial charge is 0.345 e. The van der Waals surface area contributed by atoms with Crippen LogP contribution in [0.25, 0.3) is 0 Å². The highest BCUT2D eigenvalue weighted by Gasteiger charge is 2.12. The molecule has 0 saturated heterocycles. The Labute approximate surface area is 114 Å². The van der Waals surface area contributed by atoms with Crippen LogP contribution in [0.4, 0.5) is 0 Å². The van der Waals surface area contributed by atoms with Crippen LogP contribution in [0.5, 0.6) is 0 Å². The second kappa shape index (κ2) is 7.79. The van der Waals surface area contributed by atoms with Gasteiger partial charge in [0.2, 0.25) is 5.91 Å². The number of hydrogen-bond donors (Lipinski definition) is 1. The van der Waals surface area contributed by atoms with E-state index in [1.165, 1.54) is 0 Å². The number of carbonyl (C=O) groups is 1. The van der Waals surface area contributed by atoms with E-state index < -0.39 is 0 Å². The molecule has 1 aromatic carbocycles. The summed E-state index contributed by atoms with van der Waals surface area (Å²) < 4.78 is 0. The Morgan fingerprint density at radius 1 is 1.39 bits per heavy atom. The summed E-state index contributed by atoms with van der Waals surface area (Å²) in [5.74, 6) is 6.07. The van der Waals surface area contributed by atoms with Gasteiger partial charge in [0, 0.05) is 16.5 Å². The SMILES string of the molecule is CCC(CC)C(=O)NCC#Cc1cccc(Cl)c1. The Hall–Kier alpha value is -1.46. The lowest BCUT2D eigenvalue weighted by Gasteiger charge is -2.10. The van der Waals surface area contributed by atoms with Gasteiger partial charge >= 0.3 is 0 Å². The molecule has 2 nitrogen and oxygen atoms in total. The van der Waals surface area contributed by atoms with Gasteiger partial charge in [0.1, 0.15) is 0 Å². The summed E-state index contributed by atoms with van der Waals surface area (Å²) in [6.07, 6.45) is 1.73. The van der Waals surface area contributed by atoms with Crippen molar-refractivity contribution in [2.24, 2.45) is 5.92 Å². The minimum Gasteiger partial charge on any atom is -0.345 e. The Balaban J connectivity index is 2.45. The van der Waals surface area contributed by atoms with E-state index in [2.05, 4.69) is 17.2 Å². The molecule has 0 atom stereocenters. The maximum Gasteiger partial charge on any atom is 0.223 e. The second-order valence-corrected chi connectivity index (χ2v) is 4.48. The molecule has 1 rings (SSSR count). The molecular formula is C15H18ClNO. The Morgan fingerprint density at radius 3 is 2.72 bits per heavy atom. The van der Waals surface area contributed by atoms with Crippen LogP contribution in [0.1, 0.15) is 32.3 Å². The van der Waals surface area contributed by atoms with Gasteiger partial charge in [-0.15, -0.1) is 0 Å². The van der Waals surface area contributed by atoms with Crippen molar-refractivity contribution < 1.29 is 4.79 Å². The van der Waals surface area contributed by atoms with Crippen LogP contribution in [0.3, 0.4) is 0 Å². The van der Waals surface area contributed by atoms with E-state index in [1.807, 2.05) is 32.0 Å². The van der Waals surface area contributed by atoms with Crippen molar-refractivity contribution in [3.8, 4) is 11.8 Å². The summed E-state index contributed by atoms with van der Waals surface area (Å²) in [5, 5.41) is 3.49. The number of amides is 1. The number of nitrogens with one attached hydrogen (secondary N) is 1. The molecule has 0 aliphatic carbocycles. The van der Waals surface area contributed by atoms with Crippen molar-refractivity contribution in [2.45, 2.75) is 26.7 Å². The summed E-state index contributed by atoms with van der Waals surface area (Å²) in [6.45, 7) is 4.42. The van der Waals surface area contributed by atoms with E-state index in [0.29, 0.717) is 11.6 Å². The van der Waals surface area contributed by atoms with Gasteiger partial charge in [-0.3, -0.25) is 4.79 Å². The van der Waals surface area contributed by atoms with Crippen molar-refractivity contribution in [3.05, 3.63) is 34.9 Å². The average molecular weight is 264 g/mol. The smallest absolute Gasteiger partial charge is 0.223 e. The Kier molecular flexibility index (Phi) is 6.32. The van der Waals surface area contributed by atoms with Crippen molar-refractivity contribution in [3.63, 3.8) is 0 Å². The lowest BCUT2D eigenvalue weighted by atomic mass is 10.0. The van der Waals surface area contributed by atoms with Crippen LogP contribution in [0.2, 0.25) is 5.02 Å². The highest BCUT2D eigenvalue weighted by Crippen LogP contribution is 2.09. The zero-order chi connectivity index (χ0) is 13.4. The fourth-order valence-corrected chi connectivity index (χ4v) is 1.84. The van der Waals surface area contributed by atoms with Gasteiger partial charge in [-0.1, -0.05) is 43.4 Å². The topological polar surface area (TPSA) is 29.1 Å². The molecule has 0 radical (unpaired) electrons. The van der Waals surface area contributed by atoms with Crippen LogP contribution < -0.4 is 5.32 Å². The molecule has 0 aliphatic rings. The predicted octanol–water partition coefficient (Wildman–Crippen LogP) is 3.24.